The SMILES string of the molecule is CC1(C)OB(C(=Cc2ncc(O)cn2)CN)OC1(C)C. The Balaban J connectivity index is 2.24. The smallest absolute Gasteiger partial charge is 0.491 e. The summed E-state index contributed by atoms with van der Waals surface area (Å²) >= 11 is 0. The van der Waals surface area contributed by atoms with Crippen LogP contribution in [0.4, 0.5) is 0 Å². The summed E-state index contributed by atoms with van der Waals surface area (Å²) in [6.45, 7) is 8.22. The second kappa shape index (κ2) is 5.16. The third-order valence-corrected chi connectivity index (χ3v) is 3.76. The van der Waals surface area contributed by atoms with Gasteiger partial charge in [0.25, 0.3) is 0 Å². The Morgan fingerprint density at radius 1 is 1.25 bits per heavy atom. The summed E-state index contributed by atoms with van der Waals surface area (Å²) in [5, 5.41) is 9.18. The van der Waals surface area contributed by atoms with Crippen LogP contribution in [0.2, 0.25) is 0 Å². The zero-order chi connectivity index (χ0) is 15.0. The van der Waals surface area contributed by atoms with Crippen molar-refractivity contribution in [3.05, 3.63) is 23.7 Å². The van der Waals surface area contributed by atoms with Crippen molar-refractivity contribution < 1.29 is 14.4 Å². The summed E-state index contributed by atoms with van der Waals surface area (Å²) < 4.78 is 11.9. The molecule has 0 amide bonds. The number of hydrogen-bond donors (Lipinski definition) is 2. The van der Waals surface area contributed by atoms with Crippen molar-refractivity contribution in [2.75, 3.05) is 6.54 Å². The maximum atomic E-state index is 9.18. The molecular weight excluding hydrogens is 257 g/mol. The molecule has 1 fully saturated rings. The maximum absolute atomic E-state index is 9.18. The van der Waals surface area contributed by atoms with E-state index in [0.717, 1.165) is 5.47 Å². The molecule has 3 N–H and O–H groups in total. The second-order valence-electron chi connectivity index (χ2n) is 5.81. The van der Waals surface area contributed by atoms with Crippen LogP contribution in [0.25, 0.3) is 6.08 Å². The van der Waals surface area contributed by atoms with Crippen molar-refractivity contribution in [3.63, 3.8) is 0 Å². The van der Waals surface area contributed by atoms with Crippen molar-refractivity contribution in [2.24, 2.45) is 5.73 Å². The van der Waals surface area contributed by atoms with Gasteiger partial charge in [0.15, 0.2) is 11.6 Å². The summed E-state index contributed by atoms with van der Waals surface area (Å²) in [5.41, 5.74) is 5.70. The normalized spacial score (nSPS) is 21.2. The average molecular weight is 277 g/mol. The monoisotopic (exact) mass is 277 g/mol. The number of aromatic nitrogens is 2. The highest BCUT2D eigenvalue weighted by atomic mass is 16.7. The van der Waals surface area contributed by atoms with Gasteiger partial charge in [0.1, 0.15) is 0 Å². The average Bonchev–Trinajstić information content (AvgIpc) is 2.57. The Kier molecular flexibility index (Phi) is 3.86. The van der Waals surface area contributed by atoms with Crippen LogP contribution in [-0.2, 0) is 9.31 Å². The first-order chi connectivity index (χ1) is 9.25. The standard InChI is InChI=1S/C13H20BN3O3/c1-12(2)13(3,4)20-14(19-12)9(6-15)5-11-16-7-10(18)8-17-11/h5,7-8,18H,6,15H2,1-4H3. The van der Waals surface area contributed by atoms with Crippen LogP contribution < -0.4 is 5.73 Å². The summed E-state index contributed by atoms with van der Waals surface area (Å²) in [4.78, 5) is 8.01. The van der Waals surface area contributed by atoms with Crippen molar-refractivity contribution >= 4 is 13.2 Å². The summed E-state index contributed by atoms with van der Waals surface area (Å²) in [7, 11) is -0.512. The lowest BCUT2D eigenvalue weighted by atomic mass is 9.78. The molecule has 0 spiro atoms. The fourth-order valence-electron chi connectivity index (χ4n) is 1.79. The van der Waals surface area contributed by atoms with Crippen LogP contribution >= 0.6 is 0 Å². The summed E-state index contributed by atoms with van der Waals surface area (Å²) in [6, 6.07) is 0. The predicted molar refractivity (Wildman–Crippen MR) is 76.8 cm³/mol. The van der Waals surface area contributed by atoms with Gasteiger partial charge in [-0.1, -0.05) is 0 Å². The van der Waals surface area contributed by atoms with E-state index in [1.807, 2.05) is 27.7 Å². The molecule has 1 aromatic rings. The molecule has 1 aromatic heterocycles. The highest BCUT2D eigenvalue weighted by Crippen LogP contribution is 2.38. The van der Waals surface area contributed by atoms with Gasteiger partial charge in [-0.3, -0.25) is 0 Å². The molecule has 6 nitrogen and oxygen atoms in total. The molecule has 2 heterocycles. The topological polar surface area (TPSA) is 90.5 Å². The molecule has 0 atom stereocenters. The minimum atomic E-state index is -0.512. The largest absolute Gasteiger partial charge is 0.505 e. The van der Waals surface area contributed by atoms with Gasteiger partial charge < -0.3 is 20.1 Å². The first-order valence-corrected chi connectivity index (χ1v) is 6.52. The number of nitrogens with zero attached hydrogens (tertiary/aromatic N) is 2. The maximum Gasteiger partial charge on any atom is 0.491 e. The van der Waals surface area contributed by atoms with E-state index < -0.39 is 18.3 Å². The minimum absolute atomic E-state index is 0.0204. The van der Waals surface area contributed by atoms with E-state index in [1.54, 1.807) is 6.08 Å². The molecule has 0 unspecified atom stereocenters. The lowest BCUT2D eigenvalue weighted by Crippen LogP contribution is -2.41. The van der Waals surface area contributed by atoms with E-state index >= 15 is 0 Å². The lowest BCUT2D eigenvalue weighted by Gasteiger charge is -2.32. The third kappa shape index (κ3) is 2.84. The first kappa shape index (κ1) is 15.0. The van der Waals surface area contributed by atoms with Gasteiger partial charge in [0, 0.05) is 6.54 Å². The van der Waals surface area contributed by atoms with E-state index in [0.29, 0.717) is 5.82 Å². The van der Waals surface area contributed by atoms with Gasteiger partial charge in [-0.05, 0) is 39.2 Å². The molecular formula is C13H20BN3O3. The lowest BCUT2D eigenvalue weighted by molar-refractivity contribution is 0.00578. The quantitative estimate of drug-likeness (QED) is 0.805. The number of aromatic hydroxyl groups is 1. The van der Waals surface area contributed by atoms with Crippen molar-refractivity contribution in [2.45, 2.75) is 38.9 Å². The number of hydrogen-bond acceptors (Lipinski definition) is 6. The molecule has 0 saturated carbocycles. The minimum Gasteiger partial charge on any atom is -0.505 e. The van der Waals surface area contributed by atoms with Crippen LogP contribution in [0.5, 0.6) is 5.75 Å². The third-order valence-electron chi connectivity index (χ3n) is 3.76. The van der Waals surface area contributed by atoms with Gasteiger partial charge in [-0.15, -0.1) is 0 Å². The van der Waals surface area contributed by atoms with Crippen molar-refractivity contribution in [1.82, 2.24) is 9.97 Å². The van der Waals surface area contributed by atoms with Crippen molar-refractivity contribution in [3.8, 4) is 5.75 Å². The number of nitrogens with two attached hydrogens (primary N) is 1. The zero-order valence-electron chi connectivity index (χ0n) is 12.3. The van der Waals surface area contributed by atoms with Crippen molar-refractivity contribution in [1.29, 1.82) is 0 Å². The second-order valence-corrected chi connectivity index (χ2v) is 5.81. The molecule has 1 aliphatic heterocycles. The highest BCUT2D eigenvalue weighted by molar-refractivity contribution is 6.55. The van der Waals surface area contributed by atoms with Crippen LogP contribution in [0.15, 0.2) is 17.9 Å². The molecule has 108 valence electrons. The van der Waals surface area contributed by atoms with Crippen LogP contribution in [0.3, 0.4) is 0 Å². The van der Waals surface area contributed by atoms with Gasteiger partial charge in [0.05, 0.1) is 23.6 Å². The van der Waals surface area contributed by atoms with Crippen LogP contribution in [0.1, 0.15) is 33.5 Å². The molecule has 20 heavy (non-hydrogen) atoms. The molecule has 2 rings (SSSR count). The highest BCUT2D eigenvalue weighted by Gasteiger charge is 2.52. The van der Waals surface area contributed by atoms with Crippen LogP contribution in [0, 0.1) is 0 Å². The molecule has 0 aromatic carbocycles. The molecule has 0 radical (unpaired) electrons. The van der Waals surface area contributed by atoms with E-state index in [1.165, 1.54) is 12.4 Å². The van der Waals surface area contributed by atoms with E-state index in [-0.39, 0.29) is 12.3 Å². The van der Waals surface area contributed by atoms with E-state index in [9.17, 15) is 5.11 Å². The molecule has 0 aliphatic carbocycles. The molecule has 1 aliphatic rings. The number of rotatable bonds is 3. The molecule has 1 saturated heterocycles. The van der Waals surface area contributed by atoms with Gasteiger partial charge in [-0.2, -0.15) is 0 Å². The van der Waals surface area contributed by atoms with Gasteiger partial charge in [0.2, 0.25) is 0 Å². The Hall–Kier alpha value is -1.44. The van der Waals surface area contributed by atoms with Crippen LogP contribution in [-0.4, -0.2) is 39.9 Å². The first-order valence-electron chi connectivity index (χ1n) is 6.52. The Morgan fingerprint density at radius 2 is 1.75 bits per heavy atom. The predicted octanol–water partition coefficient (Wildman–Crippen LogP) is 1.16. The van der Waals surface area contributed by atoms with Gasteiger partial charge in [-0.25, -0.2) is 9.97 Å². The fraction of sp³-hybridized carbons (Fsp3) is 0.538. The van der Waals surface area contributed by atoms with E-state index in [4.69, 9.17) is 15.0 Å². The zero-order valence-corrected chi connectivity index (χ0v) is 12.3. The summed E-state index contributed by atoms with van der Waals surface area (Å²) in [5.74, 6) is 0.477. The Bertz CT molecular complexity index is 498. The Labute approximate surface area is 119 Å². The summed E-state index contributed by atoms with van der Waals surface area (Å²) in [6.07, 6.45) is 4.38. The van der Waals surface area contributed by atoms with E-state index in [2.05, 4.69) is 9.97 Å². The fourth-order valence-corrected chi connectivity index (χ4v) is 1.79. The molecule has 0 bridgehead atoms. The molecule has 7 heteroatoms. The Morgan fingerprint density at radius 3 is 2.20 bits per heavy atom. The van der Waals surface area contributed by atoms with Gasteiger partial charge >= 0.3 is 7.12 Å².